The Morgan fingerprint density at radius 1 is 0.558 bits per heavy atom. The molecule has 252 valence electrons. The summed E-state index contributed by atoms with van der Waals surface area (Å²) in [6.07, 6.45) is 10.3. The van der Waals surface area contributed by atoms with Crippen molar-refractivity contribution in [2.45, 2.75) is 27.7 Å². The van der Waals surface area contributed by atoms with Crippen LogP contribution in [0.1, 0.15) is 41.9 Å². The maximum Gasteiger partial charge on any atom is 0.164 e. The molecule has 0 spiro atoms. The van der Waals surface area contributed by atoms with Gasteiger partial charge in [0.05, 0.1) is 0 Å². The number of hydrogen-bond acceptors (Lipinski definition) is 3. The van der Waals surface area contributed by atoms with Gasteiger partial charge in [0, 0.05) is 16.7 Å². The first kappa shape index (κ1) is 34.0. The smallest absolute Gasteiger partial charge is 0.164 e. The molecule has 6 aromatic carbocycles. The van der Waals surface area contributed by atoms with Crippen LogP contribution in [0.15, 0.2) is 153 Å². The van der Waals surface area contributed by atoms with E-state index in [-0.39, 0.29) is 0 Å². The summed E-state index contributed by atoms with van der Waals surface area (Å²) < 4.78 is 0. The van der Waals surface area contributed by atoms with Gasteiger partial charge in [0.15, 0.2) is 17.5 Å². The van der Waals surface area contributed by atoms with Crippen molar-refractivity contribution in [3.05, 3.63) is 181 Å². The van der Waals surface area contributed by atoms with E-state index >= 15 is 0 Å². The molecule has 0 N–H and O–H groups in total. The van der Waals surface area contributed by atoms with Crippen LogP contribution in [-0.2, 0) is 0 Å². The Hall–Kier alpha value is -6.45. The summed E-state index contributed by atoms with van der Waals surface area (Å²) in [6, 6.07) is 42.8. The molecule has 0 unspecified atom stereocenters. The molecule has 0 radical (unpaired) electrons. The van der Waals surface area contributed by atoms with Gasteiger partial charge in [-0.3, -0.25) is 0 Å². The van der Waals surface area contributed by atoms with Gasteiger partial charge in [-0.25, -0.2) is 15.0 Å². The van der Waals surface area contributed by atoms with Crippen molar-refractivity contribution in [3.8, 4) is 56.2 Å². The quantitative estimate of drug-likeness (QED) is 0.143. The third-order valence-corrected chi connectivity index (χ3v) is 9.72. The van der Waals surface area contributed by atoms with Crippen LogP contribution in [-0.4, -0.2) is 15.0 Å². The topological polar surface area (TPSA) is 38.7 Å². The third-order valence-electron chi connectivity index (χ3n) is 9.72. The second kappa shape index (κ2) is 14.8. The Balaban J connectivity index is 1.37. The Labute approximate surface area is 307 Å². The highest BCUT2D eigenvalue weighted by Gasteiger charge is 2.17. The predicted molar refractivity (Wildman–Crippen MR) is 223 cm³/mol. The molecule has 1 heterocycles. The minimum absolute atomic E-state index is 0.509. The van der Waals surface area contributed by atoms with Crippen LogP contribution in [0.25, 0.3) is 84.7 Å². The zero-order chi connectivity index (χ0) is 36.2. The molecule has 1 aromatic heterocycles. The number of rotatable bonds is 9. The molecular weight excluding hydrogens is 631 g/mol. The van der Waals surface area contributed by atoms with E-state index in [4.69, 9.17) is 15.0 Å². The zero-order valence-electron chi connectivity index (χ0n) is 30.2. The Morgan fingerprint density at radius 3 is 1.90 bits per heavy atom. The molecule has 0 fully saturated rings. The van der Waals surface area contributed by atoms with Crippen LogP contribution in [0.4, 0.5) is 0 Å². The highest BCUT2D eigenvalue weighted by molar-refractivity contribution is 6.04. The average Bonchev–Trinajstić information content (AvgIpc) is 3.20. The van der Waals surface area contributed by atoms with Gasteiger partial charge in [0.2, 0.25) is 0 Å². The summed E-state index contributed by atoms with van der Waals surface area (Å²) in [4.78, 5) is 14.6. The Bertz CT molecular complexity index is 2520. The number of aromatic nitrogens is 3. The van der Waals surface area contributed by atoms with Crippen molar-refractivity contribution in [1.82, 2.24) is 15.0 Å². The largest absolute Gasteiger partial charge is 0.208 e. The fraction of sp³-hybridized carbons (Fsp3) is 0.0816. The van der Waals surface area contributed by atoms with Crippen molar-refractivity contribution < 1.29 is 0 Å². The van der Waals surface area contributed by atoms with E-state index < -0.39 is 0 Å². The maximum atomic E-state index is 4.95. The van der Waals surface area contributed by atoms with Crippen LogP contribution in [0.2, 0.25) is 0 Å². The number of fused-ring (bicyclic) bond motifs is 1. The lowest BCUT2D eigenvalue weighted by Gasteiger charge is -2.17. The van der Waals surface area contributed by atoms with Crippen LogP contribution in [0.3, 0.4) is 0 Å². The highest BCUT2D eigenvalue weighted by atomic mass is 15.0. The number of nitrogens with zero attached hydrogens (tertiary/aromatic N) is 3. The second-order valence-electron chi connectivity index (χ2n) is 12.9. The molecule has 52 heavy (non-hydrogen) atoms. The van der Waals surface area contributed by atoms with Crippen LogP contribution >= 0.6 is 0 Å². The highest BCUT2D eigenvalue weighted by Crippen LogP contribution is 2.41. The normalized spacial score (nSPS) is 11.5. The van der Waals surface area contributed by atoms with Crippen molar-refractivity contribution in [3.63, 3.8) is 0 Å². The second-order valence-corrected chi connectivity index (χ2v) is 12.9. The fourth-order valence-corrected chi connectivity index (χ4v) is 6.86. The standard InChI is InChI=1S/C49H41N3/c1-7-16-39-31-45(42(17-8-2)34(6)33(39)5)37-26-24-36(25-27-37)44-29-28-35-18-13-14-23-43(35)46(44)40-21-15-22-41(30-40)49-51-47(32(4)9-3)50-48(52-49)38-19-11-10-12-20-38/h7-31H,3-4H2,1-2,5-6H3/b16-7-,17-8-. The lowest BCUT2D eigenvalue weighted by molar-refractivity contribution is 1.04. The van der Waals surface area contributed by atoms with E-state index in [2.05, 4.69) is 156 Å². The molecule has 0 aliphatic rings. The van der Waals surface area contributed by atoms with Gasteiger partial charge in [-0.15, -0.1) is 0 Å². The molecule has 7 aromatic rings. The van der Waals surface area contributed by atoms with Gasteiger partial charge >= 0.3 is 0 Å². The van der Waals surface area contributed by atoms with Gasteiger partial charge in [-0.1, -0.05) is 153 Å². The Morgan fingerprint density at radius 2 is 1.19 bits per heavy atom. The van der Waals surface area contributed by atoms with Crippen molar-refractivity contribution >= 4 is 28.5 Å². The first-order valence-corrected chi connectivity index (χ1v) is 17.7. The lowest BCUT2D eigenvalue weighted by Crippen LogP contribution is -2.02. The van der Waals surface area contributed by atoms with Crippen LogP contribution in [0.5, 0.6) is 0 Å². The number of allylic oxidation sites excluding steroid dienone is 4. The minimum atomic E-state index is 0.509. The average molecular weight is 672 g/mol. The monoisotopic (exact) mass is 671 g/mol. The lowest BCUT2D eigenvalue weighted by atomic mass is 9.87. The first-order chi connectivity index (χ1) is 25.4. The van der Waals surface area contributed by atoms with Crippen molar-refractivity contribution in [1.29, 1.82) is 0 Å². The maximum absolute atomic E-state index is 4.95. The van der Waals surface area contributed by atoms with E-state index in [1.807, 2.05) is 30.3 Å². The first-order valence-electron chi connectivity index (χ1n) is 17.7. The molecule has 0 saturated carbocycles. The van der Waals surface area contributed by atoms with E-state index in [9.17, 15) is 0 Å². The molecule has 0 atom stereocenters. The molecule has 0 saturated heterocycles. The van der Waals surface area contributed by atoms with E-state index in [1.54, 1.807) is 6.08 Å². The summed E-state index contributed by atoms with van der Waals surface area (Å²) in [5.41, 5.74) is 14.6. The van der Waals surface area contributed by atoms with Gasteiger partial charge in [0.25, 0.3) is 0 Å². The van der Waals surface area contributed by atoms with Gasteiger partial charge in [-0.05, 0) is 106 Å². The molecule has 0 aliphatic carbocycles. The number of benzene rings is 6. The summed E-state index contributed by atoms with van der Waals surface area (Å²) >= 11 is 0. The summed E-state index contributed by atoms with van der Waals surface area (Å²) in [7, 11) is 0. The molecule has 7 rings (SSSR count). The number of hydrogen-bond donors (Lipinski definition) is 0. The van der Waals surface area contributed by atoms with E-state index in [1.165, 1.54) is 44.2 Å². The van der Waals surface area contributed by atoms with Crippen molar-refractivity contribution in [2.75, 3.05) is 0 Å². The fourth-order valence-electron chi connectivity index (χ4n) is 6.86. The SMILES string of the molecule is C=CC(=C)c1nc(-c2ccccc2)nc(-c2cccc(-c3c(-c4ccc(-c5cc(/C=C\C)c(C)c(C)c5/C=C\C)cc4)ccc4ccccc34)c2)n1. The molecule has 3 nitrogen and oxygen atoms in total. The summed E-state index contributed by atoms with van der Waals surface area (Å²) in [6.45, 7) is 16.6. The molecular formula is C49H41N3. The predicted octanol–water partition coefficient (Wildman–Crippen LogP) is 13.2. The summed E-state index contributed by atoms with van der Waals surface area (Å²) in [5.74, 6) is 1.69. The van der Waals surface area contributed by atoms with Gasteiger partial charge in [-0.2, -0.15) is 0 Å². The zero-order valence-corrected chi connectivity index (χ0v) is 30.2. The van der Waals surface area contributed by atoms with Gasteiger partial charge < -0.3 is 0 Å². The molecule has 0 aliphatic heterocycles. The van der Waals surface area contributed by atoms with Crippen LogP contribution < -0.4 is 0 Å². The van der Waals surface area contributed by atoms with E-state index in [0.29, 0.717) is 23.0 Å². The van der Waals surface area contributed by atoms with Gasteiger partial charge in [0.1, 0.15) is 0 Å². The van der Waals surface area contributed by atoms with E-state index in [0.717, 1.165) is 33.4 Å². The minimum Gasteiger partial charge on any atom is -0.208 e. The van der Waals surface area contributed by atoms with Crippen LogP contribution in [0, 0.1) is 13.8 Å². The molecule has 3 heteroatoms. The van der Waals surface area contributed by atoms with Crippen molar-refractivity contribution in [2.24, 2.45) is 0 Å². The Kier molecular flexibility index (Phi) is 9.68. The third kappa shape index (κ3) is 6.57. The molecule has 0 bridgehead atoms. The summed E-state index contributed by atoms with van der Waals surface area (Å²) in [5, 5.41) is 2.37. The molecule has 0 amide bonds.